The summed E-state index contributed by atoms with van der Waals surface area (Å²) in [4.78, 5) is 26.0. The van der Waals surface area contributed by atoms with Crippen molar-refractivity contribution in [1.29, 1.82) is 0 Å². The number of aromatic amines is 1. The summed E-state index contributed by atoms with van der Waals surface area (Å²) in [6.45, 7) is 1.64. The van der Waals surface area contributed by atoms with Gasteiger partial charge in [-0.1, -0.05) is 0 Å². The summed E-state index contributed by atoms with van der Waals surface area (Å²) in [5.41, 5.74) is 1.27. The van der Waals surface area contributed by atoms with Gasteiger partial charge in [0.05, 0.1) is 18.8 Å². The van der Waals surface area contributed by atoms with Gasteiger partial charge in [0.1, 0.15) is 5.56 Å². The van der Waals surface area contributed by atoms with Crippen LogP contribution < -0.4 is 5.32 Å². The van der Waals surface area contributed by atoms with Crippen LogP contribution in [0.25, 0.3) is 0 Å². The van der Waals surface area contributed by atoms with E-state index in [-0.39, 0.29) is 17.2 Å². The average Bonchev–Trinajstić information content (AvgIpc) is 2.82. The maximum Gasteiger partial charge on any atom is 0.339 e. The molecule has 1 amide bonds. The number of hydrogen-bond donors (Lipinski definition) is 3. The Kier molecular flexibility index (Phi) is 4.12. The van der Waals surface area contributed by atoms with E-state index < -0.39 is 5.97 Å². The van der Waals surface area contributed by atoms with Gasteiger partial charge in [-0.15, -0.1) is 11.3 Å². The van der Waals surface area contributed by atoms with Crippen molar-refractivity contribution < 1.29 is 14.7 Å². The third kappa shape index (κ3) is 2.90. The van der Waals surface area contributed by atoms with E-state index in [4.69, 9.17) is 5.11 Å². The number of anilines is 1. The van der Waals surface area contributed by atoms with Crippen molar-refractivity contribution in [3.8, 4) is 0 Å². The maximum atomic E-state index is 12.1. The number of amides is 1. The number of carboxylic acids is 1. The van der Waals surface area contributed by atoms with Gasteiger partial charge in [0, 0.05) is 11.9 Å². The van der Waals surface area contributed by atoms with Crippen LogP contribution in [-0.4, -0.2) is 22.0 Å². The van der Waals surface area contributed by atoms with E-state index in [2.05, 4.69) is 42.2 Å². The highest BCUT2D eigenvalue weighted by molar-refractivity contribution is 9.12. The number of aromatic nitrogens is 1. The summed E-state index contributed by atoms with van der Waals surface area (Å²) in [5.74, 6) is -1.45. The SMILES string of the molecule is Cc1[nH]cc(NC(=O)c2cc(Br)sc2Br)c1C(=O)O. The third-order valence-electron chi connectivity index (χ3n) is 2.44. The molecule has 3 N–H and O–H groups in total. The van der Waals surface area contributed by atoms with Gasteiger partial charge in [0.2, 0.25) is 0 Å². The number of carboxylic acid groups (broad SMARTS) is 1. The van der Waals surface area contributed by atoms with Crippen LogP contribution in [0.1, 0.15) is 26.4 Å². The van der Waals surface area contributed by atoms with Crippen LogP contribution in [0.5, 0.6) is 0 Å². The van der Waals surface area contributed by atoms with E-state index in [1.54, 1.807) is 13.0 Å². The molecule has 0 aliphatic heterocycles. The molecular formula is C11H8Br2N2O3S. The smallest absolute Gasteiger partial charge is 0.339 e. The lowest BCUT2D eigenvalue weighted by atomic mass is 10.2. The zero-order valence-electron chi connectivity index (χ0n) is 9.58. The van der Waals surface area contributed by atoms with E-state index in [9.17, 15) is 9.59 Å². The van der Waals surface area contributed by atoms with Gasteiger partial charge >= 0.3 is 5.97 Å². The monoisotopic (exact) mass is 406 g/mol. The van der Waals surface area contributed by atoms with Crippen molar-refractivity contribution in [1.82, 2.24) is 4.98 Å². The number of rotatable bonds is 3. The summed E-state index contributed by atoms with van der Waals surface area (Å²) in [6.07, 6.45) is 1.46. The minimum atomic E-state index is -1.08. The van der Waals surface area contributed by atoms with E-state index in [0.717, 1.165) is 3.79 Å². The third-order valence-corrected chi connectivity index (χ3v) is 4.78. The van der Waals surface area contributed by atoms with Crippen molar-refractivity contribution in [2.75, 3.05) is 5.32 Å². The second-order valence-corrected chi connectivity index (χ2v) is 7.45. The van der Waals surface area contributed by atoms with Gasteiger partial charge in [-0.2, -0.15) is 0 Å². The molecule has 2 aromatic heterocycles. The normalized spacial score (nSPS) is 10.5. The molecule has 0 atom stereocenters. The highest BCUT2D eigenvalue weighted by Gasteiger charge is 2.19. The second-order valence-electron chi connectivity index (χ2n) is 3.70. The lowest BCUT2D eigenvalue weighted by molar-refractivity contribution is 0.0697. The van der Waals surface area contributed by atoms with Crippen molar-refractivity contribution in [2.24, 2.45) is 0 Å². The molecule has 0 radical (unpaired) electrons. The van der Waals surface area contributed by atoms with E-state index in [1.807, 2.05) is 0 Å². The molecule has 0 spiro atoms. The predicted octanol–water partition coefficient (Wildman–Crippen LogP) is 3.86. The Hall–Kier alpha value is -1.12. The fourth-order valence-electron chi connectivity index (χ4n) is 1.59. The molecule has 5 nitrogen and oxygen atoms in total. The minimum absolute atomic E-state index is 0.0683. The molecule has 0 saturated heterocycles. The van der Waals surface area contributed by atoms with Gasteiger partial charge in [-0.25, -0.2) is 4.79 Å². The van der Waals surface area contributed by atoms with Crippen molar-refractivity contribution in [3.63, 3.8) is 0 Å². The number of aromatic carboxylic acids is 1. The Balaban J connectivity index is 2.29. The first kappa shape index (κ1) is 14.3. The molecule has 100 valence electrons. The molecule has 2 aromatic rings. The summed E-state index contributed by atoms with van der Waals surface area (Å²) >= 11 is 7.95. The van der Waals surface area contributed by atoms with Gasteiger partial charge in [0.15, 0.2) is 0 Å². The van der Waals surface area contributed by atoms with Crippen LogP contribution >= 0.6 is 43.2 Å². The molecule has 0 aromatic carbocycles. The zero-order chi connectivity index (χ0) is 14.2. The molecule has 0 aliphatic carbocycles. The van der Waals surface area contributed by atoms with Crippen LogP contribution in [0, 0.1) is 6.92 Å². The van der Waals surface area contributed by atoms with Crippen LogP contribution in [0.15, 0.2) is 19.8 Å². The Morgan fingerprint density at radius 1 is 1.42 bits per heavy atom. The second kappa shape index (κ2) is 5.48. The molecule has 8 heteroatoms. The number of H-pyrrole nitrogens is 1. The van der Waals surface area contributed by atoms with Crippen molar-refractivity contribution >= 4 is 60.8 Å². The molecule has 0 fully saturated rings. The first-order chi connectivity index (χ1) is 8.90. The molecule has 19 heavy (non-hydrogen) atoms. The number of hydrogen-bond acceptors (Lipinski definition) is 3. The predicted molar refractivity (Wildman–Crippen MR) is 80.2 cm³/mol. The lowest BCUT2D eigenvalue weighted by Crippen LogP contribution is -2.13. The largest absolute Gasteiger partial charge is 0.478 e. The molecule has 2 rings (SSSR count). The number of carbonyl (C=O) groups is 2. The Morgan fingerprint density at radius 2 is 2.11 bits per heavy atom. The quantitative estimate of drug-likeness (QED) is 0.722. The van der Waals surface area contributed by atoms with Gasteiger partial charge in [-0.05, 0) is 44.8 Å². The first-order valence-electron chi connectivity index (χ1n) is 5.07. The van der Waals surface area contributed by atoms with E-state index >= 15 is 0 Å². The standard InChI is InChI=1S/C11H8Br2N2O3S/c1-4-8(11(17)18)6(3-14-4)15-10(16)5-2-7(12)19-9(5)13/h2-3,14H,1H3,(H,15,16)(H,17,18). The van der Waals surface area contributed by atoms with Crippen LogP contribution in [0.2, 0.25) is 0 Å². The number of aryl methyl sites for hydroxylation is 1. The van der Waals surface area contributed by atoms with Crippen LogP contribution in [-0.2, 0) is 0 Å². The Bertz CT molecular complexity index is 663. The number of carbonyl (C=O) groups excluding carboxylic acids is 1. The van der Waals surface area contributed by atoms with Gasteiger partial charge in [0.25, 0.3) is 5.91 Å². The molecule has 0 unspecified atom stereocenters. The molecule has 0 bridgehead atoms. The number of nitrogens with one attached hydrogen (secondary N) is 2. The van der Waals surface area contributed by atoms with Gasteiger partial charge < -0.3 is 15.4 Å². The maximum absolute atomic E-state index is 12.1. The summed E-state index contributed by atoms with van der Waals surface area (Å²) in [5, 5.41) is 11.7. The number of halogens is 2. The fourth-order valence-corrected chi connectivity index (χ4v) is 4.38. The average molecular weight is 408 g/mol. The molecule has 0 saturated carbocycles. The Morgan fingerprint density at radius 3 is 2.63 bits per heavy atom. The Labute approximate surface area is 129 Å². The van der Waals surface area contributed by atoms with E-state index in [1.165, 1.54) is 17.5 Å². The van der Waals surface area contributed by atoms with E-state index in [0.29, 0.717) is 15.0 Å². The van der Waals surface area contributed by atoms with Crippen LogP contribution in [0.3, 0.4) is 0 Å². The molecule has 0 aliphatic rings. The fraction of sp³-hybridized carbons (Fsp3) is 0.0909. The summed E-state index contributed by atoms with van der Waals surface area (Å²) in [6, 6.07) is 1.67. The van der Waals surface area contributed by atoms with Crippen molar-refractivity contribution in [3.05, 3.63) is 36.7 Å². The first-order valence-corrected chi connectivity index (χ1v) is 7.48. The summed E-state index contributed by atoms with van der Waals surface area (Å²) in [7, 11) is 0. The lowest BCUT2D eigenvalue weighted by Gasteiger charge is -2.03. The molecular weight excluding hydrogens is 400 g/mol. The summed E-state index contributed by atoms with van der Waals surface area (Å²) < 4.78 is 1.49. The topological polar surface area (TPSA) is 82.2 Å². The van der Waals surface area contributed by atoms with Crippen molar-refractivity contribution in [2.45, 2.75) is 6.92 Å². The van der Waals surface area contributed by atoms with Crippen LogP contribution in [0.4, 0.5) is 5.69 Å². The number of thiophene rings is 1. The van der Waals surface area contributed by atoms with Gasteiger partial charge in [-0.3, -0.25) is 4.79 Å². The highest BCUT2D eigenvalue weighted by Crippen LogP contribution is 2.32. The highest BCUT2D eigenvalue weighted by atomic mass is 79.9. The minimum Gasteiger partial charge on any atom is -0.478 e. The molecule has 2 heterocycles. The zero-order valence-corrected chi connectivity index (χ0v) is 13.6.